The second-order valence-electron chi connectivity index (χ2n) is 6.75. The van der Waals surface area contributed by atoms with Gasteiger partial charge >= 0.3 is 0 Å². The van der Waals surface area contributed by atoms with Crippen molar-refractivity contribution >= 4 is 10.9 Å². The molecule has 21 heavy (non-hydrogen) atoms. The number of hydrogen-bond acceptors (Lipinski definition) is 3. The quantitative estimate of drug-likeness (QED) is 0.799. The highest BCUT2D eigenvalue weighted by atomic mass is 16.3. The van der Waals surface area contributed by atoms with Crippen molar-refractivity contribution in [2.75, 3.05) is 26.7 Å². The summed E-state index contributed by atoms with van der Waals surface area (Å²) in [6, 6.07) is 9.50. The molecule has 1 saturated heterocycles. The number of aliphatic hydroxyl groups excluding tert-OH is 1. The van der Waals surface area contributed by atoms with Crippen LogP contribution in [0.2, 0.25) is 0 Å². The van der Waals surface area contributed by atoms with E-state index in [0.717, 1.165) is 32.5 Å². The fourth-order valence-electron chi connectivity index (χ4n) is 4.82. The molecule has 110 valence electrons. The molecule has 1 fully saturated rings. The van der Waals surface area contributed by atoms with E-state index in [-0.39, 0.29) is 6.23 Å². The lowest BCUT2D eigenvalue weighted by molar-refractivity contribution is -0.0432. The van der Waals surface area contributed by atoms with Gasteiger partial charge in [0.05, 0.1) is 11.6 Å². The smallest absolute Gasteiger partial charge is 0.132 e. The van der Waals surface area contributed by atoms with Gasteiger partial charge in [0.2, 0.25) is 0 Å². The summed E-state index contributed by atoms with van der Waals surface area (Å²) in [7, 11) is 2.21. The van der Waals surface area contributed by atoms with Crippen LogP contribution in [0.4, 0.5) is 0 Å². The SMILES string of the molecule is CN1CCN2CCc3c4n(c5ccccc35)C(O)C[C@@H]1[C@H]42. The van der Waals surface area contributed by atoms with Gasteiger partial charge in [0.25, 0.3) is 0 Å². The Morgan fingerprint density at radius 2 is 2.00 bits per heavy atom. The highest BCUT2D eigenvalue weighted by Crippen LogP contribution is 2.47. The predicted octanol–water partition coefficient (Wildman–Crippen LogP) is 1.75. The molecule has 0 radical (unpaired) electrons. The van der Waals surface area contributed by atoms with Gasteiger partial charge in [-0.15, -0.1) is 0 Å². The van der Waals surface area contributed by atoms with Gasteiger partial charge in [-0.2, -0.15) is 0 Å². The van der Waals surface area contributed by atoms with Crippen LogP contribution in [0.3, 0.4) is 0 Å². The second kappa shape index (κ2) is 4.09. The molecule has 2 aromatic rings. The molecule has 1 aromatic carbocycles. The Kier molecular flexibility index (Phi) is 2.38. The third-order valence-corrected chi connectivity index (χ3v) is 5.80. The summed E-state index contributed by atoms with van der Waals surface area (Å²) < 4.78 is 2.22. The summed E-state index contributed by atoms with van der Waals surface area (Å²) in [5, 5.41) is 12.1. The van der Waals surface area contributed by atoms with E-state index in [1.807, 2.05) is 0 Å². The first-order valence-electron chi connectivity index (χ1n) is 8.00. The zero-order chi connectivity index (χ0) is 14.1. The third kappa shape index (κ3) is 1.45. The van der Waals surface area contributed by atoms with Crippen molar-refractivity contribution in [1.82, 2.24) is 14.4 Å². The Morgan fingerprint density at radius 3 is 2.90 bits per heavy atom. The van der Waals surface area contributed by atoms with Gasteiger partial charge in [-0.25, -0.2) is 0 Å². The normalized spacial score (nSPS) is 32.4. The van der Waals surface area contributed by atoms with E-state index in [0.29, 0.717) is 12.1 Å². The van der Waals surface area contributed by atoms with Crippen LogP contribution in [-0.2, 0) is 6.42 Å². The maximum absolute atomic E-state index is 10.8. The van der Waals surface area contributed by atoms with Gasteiger partial charge in [0, 0.05) is 43.2 Å². The Bertz CT molecular complexity index is 722. The van der Waals surface area contributed by atoms with Crippen LogP contribution in [0.25, 0.3) is 10.9 Å². The third-order valence-electron chi connectivity index (χ3n) is 5.80. The molecule has 3 atom stereocenters. The molecule has 5 rings (SSSR count). The molecule has 1 unspecified atom stereocenters. The number of fused-ring (bicyclic) bond motifs is 3. The summed E-state index contributed by atoms with van der Waals surface area (Å²) in [6.45, 7) is 3.42. The molecule has 1 N–H and O–H groups in total. The number of likely N-dealkylation sites (N-methyl/N-ethyl adjacent to an activating group) is 1. The van der Waals surface area contributed by atoms with Gasteiger partial charge < -0.3 is 14.6 Å². The van der Waals surface area contributed by atoms with Gasteiger partial charge in [-0.3, -0.25) is 4.90 Å². The van der Waals surface area contributed by atoms with Crippen LogP contribution >= 0.6 is 0 Å². The van der Waals surface area contributed by atoms with Crippen LogP contribution in [0.1, 0.15) is 29.9 Å². The summed E-state index contributed by atoms with van der Waals surface area (Å²) >= 11 is 0. The number of para-hydroxylation sites is 1. The molecular formula is C17H21N3O. The predicted molar refractivity (Wildman–Crippen MR) is 82.2 cm³/mol. The van der Waals surface area contributed by atoms with Crippen LogP contribution < -0.4 is 0 Å². The van der Waals surface area contributed by atoms with Crippen molar-refractivity contribution in [1.29, 1.82) is 0 Å². The molecule has 4 heteroatoms. The minimum absolute atomic E-state index is 0.389. The first kappa shape index (κ1) is 12.2. The lowest BCUT2D eigenvalue weighted by atomic mass is 9.86. The lowest BCUT2D eigenvalue weighted by Crippen LogP contribution is -2.58. The highest BCUT2D eigenvalue weighted by Gasteiger charge is 2.46. The van der Waals surface area contributed by atoms with Crippen molar-refractivity contribution < 1.29 is 5.11 Å². The molecule has 0 amide bonds. The summed E-state index contributed by atoms with van der Waals surface area (Å²) in [5.74, 6) is 0. The average Bonchev–Trinajstić information content (AvgIpc) is 2.85. The topological polar surface area (TPSA) is 31.6 Å². The lowest BCUT2D eigenvalue weighted by Gasteiger charge is -2.52. The Balaban J connectivity index is 1.83. The Labute approximate surface area is 124 Å². The Hall–Kier alpha value is -1.36. The van der Waals surface area contributed by atoms with E-state index >= 15 is 0 Å². The molecule has 3 aliphatic heterocycles. The first-order chi connectivity index (χ1) is 10.3. The zero-order valence-corrected chi connectivity index (χ0v) is 12.4. The highest BCUT2D eigenvalue weighted by molar-refractivity contribution is 5.86. The van der Waals surface area contributed by atoms with Crippen LogP contribution in [0.5, 0.6) is 0 Å². The van der Waals surface area contributed by atoms with Crippen molar-refractivity contribution in [3.63, 3.8) is 0 Å². The van der Waals surface area contributed by atoms with E-state index < -0.39 is 0 Å². The first-order valence-corrected chi connectivity index (χ1v) is 8.00. The fraction of sp³-hybridized carbons (Fsp3) is 0.529. The summed E-state index contributed by atoms with van der Waals surface area (Å²) in [5.41, 5.74) is 4.08. The van der Waals surface area contributed by atoms with Gasteiger partial charge in [0.1, 0.15) is 6.23 Å². The second-order valence-corrected chi connectivity index (χ2v) is 6.75. The molecule has 0 aliphatic carbocycles. The number of aromatic nitrogens is 1. The van der Waals surface area contributed by atoms with E-state index in [9.17, 15) is 5.11 Å². The fourth-order valence-corrected chi connectivity index (χ4v) is 4.82. The molecule has 1 aromatic heterocycles. The number of hydrogen-bond donors (Lipinski definition) is 1. The maximum Gasteiger partial charge on any atom is 0.132 e. The van der Waals surface area contributed by atoms with E-state index in [4.69, 9.17) is 0 Å². The van der Waals surface area contributed by atoms with Crippen molar-refractivity contribution in [2.45, 2.75) is 31.2 Å². The number of aliphatic hydroxyl groups is 1. The average molecular weight is 283 g/mol. The van der Waals surface area contributed by atoms with Crippen molar-refractivity contribution in [2.24, 2.45) is 0 Å². The van der Waals surface area contributed by atoms with Gasteiger partial charge in [0.15, 0.2) is 0 Å². The maximum atomic E-state index is 10.8. The summed E-state index contributed by atoms with van der Waals surface area (Å²) in [6.07, 6.45) is 1.56. The minimum atomic E-state index is -0.389. The largest absolute Gasteiger partial charge is 0.373 e. The molecule has 4 nitrogen and oxygen atoms in total. The van der Waals surface area contributed by atoms with E-state index in [2.05, 4.69) is 45.7 Å². The summed E-state index contributed by atoms with van der Waals surface area (Å²) in [4.78, 5) is 5.08. The van der Waals surface area contributed by atoms with E-state index in [1.54, 1.807) is 0 Å². The number of rotatable bonds is 0. The van der Waals surface area contributed by atoms with Crippen molar-refractivity contribution in [3.05, 3.63) is 35.5 Å². The number of benzene rings is 1. The monoisotopic (exact) mass is 283 g/mol. The molecule has 0 saturated carbocycles. The zero-order valence-electron chi connectivity index (χ0n) is 12.4. The van der Waals surface area contributed by atoms with Gasteiger partial charge in [-0.05, 0) is 25.1 Å². The number of piperazine rings is 1. The molecular weight excluding hydrogens is 262 g/mol. The molecule has 4 heterocycles. The molecule has 0 spiro atoms. The molecule has 0 bridgehead atoms. The minimum Gasteiger partial charge on any atom is -0.373 e. The van der Waals surface area contributed by atoms with Gasteiger partial charge in [-0.1, -0.05) is 18.2 Å². The Morgan fingerprint density at radius 1 is 1.14 bits per heavy atom. The van der Waals surface area contributed by atoms with Crippen LogP contribution in [0, 0.1) is 0 Å². The number of nitrogens with zero attached hydrogens (tertiary/aromatic N) is 3. The van der Waals surface area contributed by atoms with E-state index in [1.165, 1.54) is 22.2 Å². The van der Waals surface area contributed by atoms with Crippen molar-refractivity contribution in [3.8, 4) is 0 Å². The van der Waals surface area contributed by atoms with Crippen LogP contribution in [-0.4, -0.2) is 52.2 Å². The van der Waals surface area contributed by atoms with Crippen LogP contribution in [0.15, 0.2) is 24.3 Å². The molecule has 3 aliphatic rings. The standard InChI is InChI=1S/C17H21N3O/c1-18-8-9-19-7-6-12-11-4-2-3-5-13(11)20-15(21)10-14(18)17(19)16(12)20/h2-5,14-15,17,21H,6-10H2,1H3/t14-,15?,17-/m1/s1.